The number of hydrogen-bond acceptors (Lipinski definition) is 3. The summed E-state index contributed by atoms with van der Waals surface area (Å²) in [7, 11) is 0. The number of rotatable bonds is 8. The van der Waals surface area contributed by atoms with E-state index in [0.29, 0.717) is 19.6 Å². The molecule has 3 aromatic rings. The van der Waals surface area contributed by atoms with E-state index in [1.807, 2.05) is 36.4 Å². The van der Waals surface area contributed by atoms with Gasteiger partial charge in [0.1, 0.15) is 19.0 Å². The van der Waals surface area contributed by atoms with Gasteiger partial charge in [0.2, 0.25) is 6.41 Å². The Bertz CT molecular complexity index is 816. The molecule has 0 aliphatic rings. The van der Waals surface area contributed by atoms with Crippen LogP contribution in [0.1, 0.15) is 0 Å². The van der Waals surface area contributed by atoms with Crippen LogP contribution in [0.15, 0.2) is 36.4 Å². The number of anilines is 1. The number of halogens is 1. The fraction of sp³-hybridized carbons (Fsp3) is 0.235. The molecule has 6 heteroatoms. The second-order valence-electron chi connectivity index (χ2n) is 5.00. The number of amides is 1. The number of H-pyrrole nitrogens is 1. The lowest BCUT2D eigenvalue weighted by atomic mass is 10.1. The summed E-state index contributed by atoms with van der Waals surface area (Å²) in [4.78, 5) is 13.8. The van der Waals surface area contributed by atoms with Crippen molar-refractivity contribution < 1.29 is 18.7 Å². The van der Waals surface area contributed by atoms with Crippen LogP contribution < -0.4 is 10.1 Å². The average molecular weight is 316 g/mol. The molecule has 0 saturated carbocycles. The summed E-state index contributed by atoms with van der Waals surface area (Å²) in [5, 5.41) is 4.79. The summed E-state index contributed by atoms with van der Waals surface area (Å²) in [5.41, 5.74) is 2.63. The Kier molecular flexibility index (Phi) is 4.73. The maximum Gasteiger partial charge on any atom is 0.211 e. The van der Waals surface area contributed by atoms with E-state index in [9.17, 15) is 9.18 Å². The Morgan fingerprint density at radius 3 is 2.61 bits per heavy atom. The second-order valence-corrected chi connectivity index (χ2v) is 5.00. The molecule has 0 saturated heterocycles. The van der Waals surface area contributed by atoms with E-state index in [1.165, 1.54) is 0 Å². The highest BCUT2D eigenvalue weighted by Gasteiger charge is 2.06. The van der Waals surface area contributed by atoms with Crippen LogP contribution in [0.5, 0.6) is 5.75 Å². The maximum absolute atomic E-state index is 11.9. The number of carbonyl (C=O) groups is 1. The highest BCUT2D eigenvalue weighted by Crippen LogP contribution is 2.29. The topological polar surface area (TPSA) is 63.4 Å². The van der Waals surface area contributed by atoms with Gasteiger partial charge in [0.05, 0.1) is 18.7 Å². The molecule has 0 fully saturated rings. The fourth-order valence-electron chi connectivity index (χ4n) is 2.51. The van der Waals surface area contributed by atoms with Gasteiger partial charge in [0, 0.05) is 28.0 Å². The molecular formula is C17H17FN2O3. The molecule has 2 aromatic carbocycles. The predicted octanol–water partition coefficient (Wildman–Crippen LogP) is 3.25. The monoisotopic (exact) mass is 316 g/mol. The molecular weight excluding hydrogens is 299 g/mol. The molecule has 1 amide bonds. The number of fused-ring (bicyclic) bond motifs is 3. The van der Waals surface area contributed by atoms with Crippen LogP contribution in [-0.2, 0) is 9.53 Å². The molecule has 0 aliphatic heterocycles. The van der Waals surface area contributed by atoms with Crippen molar-refractivity contribution >= 4 is 33.9 Å². The van der Waals surface area contributed by atoms with Gasteiger partial charge in [-0.1, -0.05) is 6.07 Å². The summed E-state index contributed by atoms with van der Waals surface area (Å²) in [5.74, 6) is 0.721. The molecule has 3 rings (SSSR count). The first kappa shape index (κ1) is 15.3. The van der Waals surface area contributed by atoms with Crippen molar-refractivity contribution in [2.45, 2.75) is 0 Å². The van der Waals surface area contributed by atoms with Crippen molar-refractivity contribution in [1.29, 1.82) is 0 Å². The highest BCUT2D eigenvalue weighted by atomic mass is 19.1. The first-order chi connectivity index (χ1) is 11.3. The van der Waals surface area contributed by atoms with Crippen molar-refractivity contribution in [3.8, 4) is 5.75 Å². The zero-order chi connectivity index (χ0) is 16.1. The van der Waals surface area contributed by atoms with E-state index in [4.69, 9.17) is 9.47 Å². The summed E-state index contributed by atoms with van der Waals surface area (Å²) >= 11 is 0. The lowest BCUT2D eigenvalue weighted by molar-refractivity contribution is -0.105. The Morgan fingerprint density at radius 1 is 1.04 bits per heavy atom. The van der Waals surface area contributed by atoms with Gasteiger partial charge in [-0.2, -0.15) is 0 Å². The van der Waals surface area contributed by atoms with Crippen molar-refractivity contribution in [2.24, 2.45) is 0 Å². The zero-order valence-corrected chi connectivity index (χ0v) is 12.5. The maximum atomic E-state index is 11.9. The van der Waals surface area contributed by atoms with E-state index in [2.05, 4.69) is 10.3 Å². The summed E-state index contributed by atoms with van der Waals surface area (Å²) in [6.07, 6.45) is 0.654. The van der Waals surface area contributed by atoms with Gasteiger partial charge in [-0.15, -0.1) is 0 Å². The Labute approximate surface area is 132 Å². The minimum absolute atomic E-state index is 0.0988. The molecule has 0 atom stereocenters. The molecule has 1 heterocycles. The van der Waals surface area contributed by atoms with Gasteiger partial charge >= 0.3 is 0 Å². The van der Waals surface area contributed by atoms with Crippen LogP contribution in [0.2, 0.25) is 0 Å². The lowest BCUT2D eigenvalue weighted by Gasteiger charge is -2.06. The number of nitrogens with one attached hydrogen (secondary N) is 2. The van der Waals surface area contributed by atoms with Gasteiger partial charge in [-0.25, -0.2) is 4.39 Å². The molecule has 120 valence electrons. The van der Waals surface area contributed by atoms with Gasteiger partial charge in [0.15, 0.2) is 0 Å². The molecule has 23 heavy (non-hydrogen) atoms. The van der Waals surface area contributed by atoms with Gasteiger partial charge in [-0.3, -0.25) is 4.79 Å². The third kappa shape index (κ3) is 3.43. The van der Waals surface area contributed by atoms with Crippen LogP contribution in [-0.4, -0.2) is 37.9 Å². The van der Waals surface area contributed by atoms with Gasteiger partial charge in [-0.05, 0) is 24.3 Å². The number of aromatic nitrogens is 1. The Morgan fingerprint density at radius 2 is 1.83 bits per heavy atom. The zero-order valence-electron chi connectivity index (χ0n) is 12.5. The number of hydrogen-bond donors (Lipinski definition) is 2. The van der Waals surface area contributed by atoms with Crippen LogP contribution in [0, 0.1) is 0 Å². The molecule has 5 nitrogen and oxygen atoms in total. The minimum Gasteiger partial charge on any atom is -0.491 e. The first-order valence-corrected chi connectivity index (χ1v) is 7.34. The molecule has 2 N–H and O–H groups in total. The Balaban J connectivity index is 1.79. The van der Waals surface area contributed by atoms with Crippen molar-refractivity contribution in [1.82, 2.24) is 4.98 Å². The number of carbonyl (C=O) groups excluding carboxylic acids is 1. The largest absolute Gasteiger partial charge is 0.491 e. The molecule has 0 unspecified atom stereocenters. The third-order valence-corrected chi connectivity index (χ3v) is 3.51. The van der Waals surface area contributed by atoms with Crippen LogP contribution in [0.3, 0.4) is 0 Å². The fourth-order valence-corrected chi connectivity index (χ4v) is 2.51. The molecule has 0 radical (unpaired) electrons. The third-order valence-electron chi connectivity index (χ3n) is 3.51. The van der Waals surface area contributed by atoms with Crippen LogP contribution in [0.25, 0.3) is 21.8 Å². The lowest BCUT2D eigenvalue weighted by Crippen LogP contribution is -2.08. The van der Waals surface area contributed by atoms with E-state index < -0.39 is 6.67 Å². The summed E-state index contributed by atoms with van der Waals surface area (Å²) in [6, 6.07) is 11.5. The minimum atomic E-state index is -0.484. The number of alkyl halides is 1. The molecule has 0 aliphatic carbocycles. The first-order valence-electron chi connectivity index (χ1n) is 7.34. The SMILES string of the molecule is O=CNc1ccc2c(c1)[nH]c1cc(OCCOCCF)ccc12. The van der Waals surface area contributed by atoms with Crippen molar-refractivity contribution in [3.63, 3.8) is 0 Å². The molecule has 0 bridgehead atoms. The summed E-state index contributed by atoms with van der Waals surface area (Å²) < 4.78 is 22.5. The second kappa shape index (κ2) is 7.11. The number of aromatic amines is 1. The predicted molar refractivity (Wildman–Crippen MR) is 87.8 cm³/mol. The van der Waals surface area contributed by atoms with Crippen molar-refractivity contribution in [3.05, 3.63) is 36.4 Å². The smallest absolute Gasteiger partial charge is 0.211 e. The normalized spacial score (nSPS) is 11.0. The van der Waals surface area contributed by atoms with E-state index in [1.54, 1.807) is 0 Å². The summed E-state index contributed by atoms with van der Waals surface area (Å²) in [6.45, 7) is 0.345. The van der Waals surface area contributed by atoms with Gasteiger partial charge < -0.3 is 19.8 Å². The van der Waals surface area contributed by atoms with E-state index >= 15 is 0 Å². The van der Waals surface area contributed by atoms with Crippen LogP contribution in [0.4, 0.5) is 10.1 Å². The van der Waals surface area contributed by atoms with Crippen molar-refractivity contribution in [2.75, 3.05) is 31.8 Å². The van der Waals surface area contributed by atoms with Gasteiger partial charge in [0.25, 0.3) is 0 Å². The van der Waals surface area contributed by atoms with E-state index in [-0.39, 0.29) is 6.61 Å². The quantitative estimate of drug-likeness (QED) is 0.495. The standard InChI is InChI=1S/C17H17FN2O3/c18-5-6-22-7-8-23-13-2-4-15-14-3-1-12(19-11-21)9-16(14)20-17(15)10-13/h1-4,9-11,20H,5-8H2,(H,19,21). The number of benzene rings is 2. The van der Waals surface area contributed by atoms with Crippen LogP contribution >= 0.6 is 0 Å². The highest BCUT2D eigenvalue weighted by molar-refractivity contribution is 6.08. The molecule has 1 aromatic heterocycles. The van der Waals surface area contributed by atoms with E-state index in [0.717, 1.165) is 33.2 Å². The Hall–Kier alpha value is -2.60. The number of ether oxygens (including phenoxy) is 2. The average Bonchev–Trinajstić information content (AvgIpc) is 2.91. The molecule has 0 spiro atoms.